The van der Waals surface area contributed by atoms with Gasteiger partial charge < -0.3 is 4.74 Å². The van der Waals surface area contributed by atoms with Crippen LogP contribution in [0.25, 0.3) is 0 Å². The van der Waals surface area contributed by atoms with Gasteiger partial charge in [-0.25, -0.2) is 0 Å². The molecule has 1 aromatic rings. The van der Waals surface area contributed by atoms with Crippen LogP contribution in [0.3, 0.4) is 0 Å². The van der Waals surface area contributed by atoms with Crippen molar-refractivity contribution < 1.29 is 14.3 Å². The van der Waals surface area contributed by atoms with Gasteiger partial charge in [0, 0.05) is 0 Å². The summed E-state index contributed by atoms with van der Waals surface area (Å²) in [6.45, 7) is 5.63. The van der Waals surface area contributed by atoms with E-state index < -0.39 is 11.9 Å². The molecule has 0 N–H and O–H groups in total. The van der Waals surface area contributed by atoms with Crippen molar-refractivity contribution in [2.24, 2.45) is 5.92 Å². The van der Waals surface area contributed by atoms with E-state index in [1.54, 1.807) is 6.92 Å². The number of ketones is 1. The molecule has 0 aliphatic heterocycles. The number of hydrogen-bond acceptors (Lipinski definition) is 3. The van der Waals surface area contributed by atoms with E-state index in [0.717, 1.165) is 6.42 Å². The second kappa shape index (κ2) is 7.72. The fraction of sp³-hybridized carbons (Fsp3) is 0.500. The number of esters is 1. The van der Waals surface area contributed by atoms with Gasteiger partial charge in [0.25, 0.3) is 0 Å². The van der Waals surface area contributed by atoms with Crippen LogP contribution in [0.15, 0.2) is 30.3 Å². The molecular weight excluding hydrogens is 240 g/mol. The summed E-state index contributed by atoms with van der Waals surface area (Å²) in [5.74, 6) is -0.794. The van der Waals surface area contributed by atoms with E-state index in [9.17, 15) is 9.59 Å². The molecule has 0 aliphatic rings. The van der Waals surface area contributed by atoms with Gasteiger partial charge in [-0.05, 0) is 38.2 Å². The zero-order chi connectivity index (χ0) is 14.3. The molecule has 104 valence electrons. The van der Waals surface area contributed by atoms with Gasteiger partial charge in [-0.3, -0.25) is 9.59 Å². The SMILES string of the molecule is CCOC(=O)C(CCC(C)c1ccccc1)C(C)=O. The Labute approximate surface area is 115 Å². The van der Waals surface area contributed by atoms with Crippen LogP contribution in [0.5, 0.6) is 0 Å². The minimum Gasteiger partial charge on any atom is -0.465 e. The molecule has 1 aromatic carbocycles. The molecule has 0 amide bonds. The second-order valence-electron chi connectivity index (χ2n) is 4.80. The van der Waals surface area contributed by atoms with Gasteiger partial charge in [0.2, 0.25) is 0 Å². The van der Waals surface area contributed by atoms with E-state index in [1.807, 2.05) is 18.2 Å². The summed E-state index contributed by atoms with van der Waals surface area (Å²) in [7, 11) is 0. The van der Waals surface area contributed by atoms with E-state index in [4.69, 9.17) is 4.74 Å². The van der Waals surface area contributed by atoms with Gasteiger partial charge in [-0.2, -0.15) is 0 Å². The highest BCUT2D eigenvalue weighted by molar-refractivity contribution is 5.97. The number of benzene rings is 1. The highest BCUT2D eigenvalue weighted by Crippen LogP contribution is 2.23. The van der Waals surface area contributed by atoms with Crippen LogP contribution < -0.4 is 0 Å². The van der Waals surface area contributed by atoms with Crippen LogP contribution in [-0.2, 0) is 14.3 Å². The molecule has 0 aromatic heterocycles. The Bertz CT molecular complexity index is 411. The molecule has 3 heteroatoms. The summed E-state index contributed by atoms with van der Waals surface area (Å²) in [6.07, 6.45) is 1.34. The van der Waals surface area contributed by atoms with Crippen molar-refractivity contribution in [3.05, 3.63) is 35.9 Å². The van der Waals surface area contributed by atoms with Gasteiger partial charge in [0.15, 0.2) is 0 Å². The first-order valence-electron chi connectivity index (χ1n) is 6.78. The molecule has 0 radical (unpaired) electrons. The molecule has 0 aliphatic carbocycles. The lowest BCUT2D eigenvalue weighted by Gasteiger charge is -2.16. The van der Waals surface area contributed by atoms with Gasteiger partial charge in [-0.15, -0.1) is 0 Å². The molecule has 2 unspecified atom stereocenters. The van der Waals surface area contributed by atoms with E-state index in [-0.39, 0.29) is 5.78 Å². The summed E-state index contributed by atoms with van der Waals surface area (Å²) in [5, 5.41) is 0. The molecule has 0 spiro atoms. The Morgan fingerprint density at radius 1 is 1.16 bits per heavy atom. The Morgan fingerprint density at radius 3 is 2.32 bits per heavy atom. The van der Waals surface area contributed by atoms with E-state index in [1.165, 1.54) is 12.5 Å². The van der Waals surface area contributed by atoms with Gasteiger partial charge >= 0.3 is 5.97 Å². The standard InChI is InChI=1S/C16H22O3/c1-4-19-16(18)15(13(3)17)11-10-12(2)14-8-6-5-7-9-14/h5-9,12,15H,4,10-11H2,1-3H3. The van der Waals surface area contributed by atoms with Crippen LogP contribution >= 0.6 is 0 Å². The Kier molecular flexibility index (Phi) is 6.26. The monoisotopic (exact) mass is 262 g/mol. The highest BCUT2D eigenvalue weighted by atomic mass is 16.5. The predicted molar refractivity (Wildman–Crippen MR) is 74.9 cm³/mol. The lowest BCUT2D eigenvalue weighted by molar-refractivity contribution is -0.151. The fourth-order valence-electron chi connectivity index (χ4n) is 2.09. The number of carbonyl (C=O) groups is 2. The summed E-state index contributed by atoms with van der Waals surface area (Å²) in [4.78, 5) is 23.2. The number of carbonyl (C=O) groups excluding carboxylic acids is 2. The maximum atomic E-state index is 11.7. The maximum absolute atomic E-state index is 11.7. The zero-order valence-corrected chi connectivity index (χ0v) is 11.9. The minimum atomic E-state index is -0.619. The molecule has 0 fully saturated rings. The third-order valence-electron chi connectivity index (χ3n) is 3.32. The van der Waals surface area contributed by atoms with Crippen LogP contribution in [-0.4, -0.2) is 18.4 Å². The van der Waals surface area contributed by atoms with Crippen molar-refractivity contribution in [3.8, 4) is 0 Å². The number of ether oxygens (including phenoxy) is 1. The fourth-order valence-corrected chi connectivity index (χ4v) is 2.09. The lowest BCUT2D eigenvalue weighted by atomic mass is 9.90. The van der Waals surface area contributed by atoms with Gasteiger partial charge in [-0.1, -0.05) is 37.3 Å². The number of rotatable bonds is 7. The lowest BCUT2D eigenvalue weighted by Crippen LogP contribution is -2.24. The third kappa shape index (κ3) is 4.86. The number of hydrogen-bond donors (Lipinski definition) is 0. The minimum absolute atomic E-state index is 0.112. The summed E-state index contributed by atoms with van der Waals surface area (Å²) in [5.41, 5.74) is 1.23. The second-order valence-corrected chi connectivity index (χ2v) is 4.80. The molecule has 19 heavy (non-hydrogen) atoms. The molecule has 0 saturated carbocycles. The smallest absolute Gasteiger partial charge is 0.316 e. The van der Waals surface area contributed by atoms with Crippen molar-refractivity contribution >= 4 is 11.8 Å². The van der Waals surface area contributed by atoms with Crippen molar-refractivity contribution in [2.45, 2.75) is 39.5 Å². The average molecular weight is 262 g/mol. The summed E-state index contributed by atoms with van der Waals surface area (Å²) < 4.78 is 4.94. The zero-order valence-electron chi connectivity index (χ0n) is 11.9. The molecule has 1 rings (SSSR count). The summed E-state index contributed by atoms with van der Waals surface area (Å²) in [6, 6.07) is 10.1. The Hall–Kier alpha value is -1.64. The van der Waals surface area contributed by atoms with Crippen molar-refractivity contribution in [1.82, 2.24) is 0 Å². The first-order valence-corrected chi connectivity index (χ1v) is 6.78. The summed E-state index contributed by atoms with van der Waals surface area (Å²) >= 11 is 0. The van der Waals surface area contributed by atoms with E-state index in [0.29, 0.717) is 18.9 Å². The van der Waals surface area contributed by atoms with Crippen LogP contribution in [0.2, 0.25) is 0 Å². The largest absolute Gasteiger partial charge is 0.465 e. The van der Waals surface area contributed by atoms with Gasteiger partial charge in [0.05, 0.1) is 6.61 Å². The van der Waals surface area contributed by atoms with E-state index in [2.05, 4.69) is 19.1 Å². The molecular formula is C16H22O3. The predicted octanol–water partition coefficient (Wildman–Crippen LogP) is 3.34. The Balaban J connectivity index is 2.57. The average Bonchev–Trinajstić information content (AvgIpc) is 2.39. The normalized spacial score (nSPS) is 13.6. The Morgan fingerprint density at radius 2 is 1.79 bits per heavy atom. The molecule has 2 atom stereocenters. The first kappa shape index (κ1) is 15.4. The number of Topliss-reactive ketones (excluding diaryl/α,β-unsaturated/α-hetero) is 1. The third-order valence-corrected chi connectivity index (χ3v) is 3.32. The first-order chi connectivity index (χ1) is 9.06. The molecule has 0 heterocycles. The highest BCUT2D eigenvalue weighted by Gasteiger charge is 2.25. The van der Waals surface area contributed by atoms with Crippen LogP contribution in [0.4, 0.5) is 0 Å². The maximum Gasteiger partial charge on any atom is 0.316 e. The van der Waals surface area contributed by atoms with Crippen molar-refractivity contribution in [2.75, 3.05) is 6.61 Å². The molecule has 3 nitrogen and oxygen atoms in total. The molecule has 0 bridgehead atoms. The van der Waals surface area contributed by atoms with Gasteiger partial charge in [0.1, 0.15) is 11.7 Å². The molecule has 0 saturated heterocycles. The van der Waals surface area contributed by atoms with Crippen LogP contribution in [0.1, 0.15) is 45.1 Å². The van der Waals surface area contributed by atoms with E-state index >= 15 is 0 Å². The van der Waals surface area contributed by atoms with Crippen molar-refractivity contribution in [3.63, 3.8) is 0 Å². The van der Waals surface area contributed by atoms with Crippen LogP contribution in [0, 0.1) is 5.92 Å². The quantitative estimate of drug-likeness (QED) is 0.559. The van der Waals surface area contributed by atoms with Crippen molar-refractivity contribution in [1.29, 1.82) is 0 Å². The topological polar surface area (TPSA) is 43.4 Å².